The van der Waals surface area contributed by atoms with Gasteiger partial charge in [-0.05, 0) is 5.92 Å². The summed E-state index contributed by atoms with van der Waals surface area (Å²) in [4.78, 5) is 10.7. The van der Waals surface area contributed by atoms with Gasteiger partial charge >= 0.3 is 10.3 Å². The second-order valence-corrected chi connectivity index (χ2v) is 4.36. The van der Waals surface area contributed by atoms with Crippen molar-refractivity contribution >= 4 is 16.2 Å². The van der Waals surface area contributed by atoms with Crippen molar-refractivity contribution in [2.24, 2.45) is 5.92 Å². The van der Waals surface area contributed by atoms with Crippen molar-refractivity contribution in [3.05, 3.63) is 0 Å². The second kappa shape index (κ2) is 5.18. The average Bonchev–Trinajstić information content (AvgIpc) is 2.00. The summed E-state index contributed by atoms with van der Waals surface area (Å²) >= 11 is 0. The number of carbonyl (C=O) groups is 1. The Kier molecular flexibility index (Phi) is 4.94. The Morgan fingerprint density at radius 1 is 1.46 bits per heavy atom. The normalized spacial score (nSPS) is 11.7. The van der Waals surface area contributed by atoms with Crippen LogP contribution in [0.15, 0.2) is 0 Å². The first-order chi connectivity index (χ1) is 5.87. The van der Waals surface area contributed by atoms with E-state index in [0.29, 0.717) is 0 Å². The van der Waals surface area contributed by atoms with Gasteiger partial charge in [-0.15, -0.1) is 0 Å². The predicted octanol–water partition coefficient (Wildman–Crippen LogP) is 0.430. The summed E-state index contributed by atoms with van der Waals surface area (Å²) in [6, 6.07) is 0. The highest BCUT2D eigenvalue weighted by atomic mass is 32.2. The first-order valence-corrected chi connectivity index (χ1v) is 5.48. The fraction of sp³-hybridized carbons (Fsp3) is 0.857. The van der Waals surface area contributed by atoms with E-state index in [9.17, 15) is 13.2 Å². The number of amides is 1. The van der Waals surface area contributed by atoms with Crippen LogP contribution in [0.1, 0.15) is 27.2 Å². The summed E-state index contributed by atoms with van der Waals surface area (Å²) in [5.41, 5.74) is 0. The number of rotatable bonds is 5. The van der Waals surface area contributed by atoms with Crippen LogP contribution >= 0.6 is 0 Å². The lowest BCUT2D eigenvalue weighted by molar-refractivity contribution is -0.119. The van der Waals surface area contributed by atoms with Crippen LogP contribution in [-0.2, 0) is 19.3 Å². The van der Waals surface area contributed by atoms with Gasteiger partial charge in [0.05, 0.1) is 6.61 Å². The molecule has 0 aromatic heterocycles. The highest BCUT2D eigenvalue weighted by molar-refractivity contribution is 7.85. The molecule has 0 aliphatic heterocycles. The first kappa shape index (κ1) is 12.4. The highest BCUT2D eigenvalue weighted by Gasteiger charge is 2.13. The minimum absolute atomic E-state index is 0.0757. The average molecular weight is 209 g/mol. The van der Waals surface area contributed by atoms with Gasteiger partial charge in [0.15, 0.2) is 0 Å². The summed E-state index contributed by atoms with van der Waals surface area (Å²) < 4.78 is 28.2. The number of hydrogen-bond acceptors (Lipinski definition) is 4. The number of nitrogens with one attached hydrogen (secondary N) is 1. The fourth-order valence-electron chi connectivity index (χ4n) is 0.467. The first-order valence-electron chi connectivity index (χ1n) is 4.07. The van der Waals surface area contributed by atoms with Crippen molar-refractivity contribution in [1.82, 2.24) is 4.72 Å². The zero-order valence-corrected chi connectivity index (χ0v) is 8.85. The molecule has 0 saturated carbocycles. The molecule has 0 aliphatic carbocycles. The molecular weight excluding hydrogens is 194 g/mol. The van der Waals surface area contributed by atoms with Crippen LogP contribution in [0.3, 0.4) is 0 Å². The molecule has 6 heteroatoms. The molecule has 0 aromatic carbocycles. The Morgan fingerprint density at radius 2 is 2.00 bits per heavy atom. The topological polar surface area (TPSA) is 72.5 Å². The van der Waals surface area contributed by atoms with Gasteiger partial charge in [-0.3, -0.25) is 8.98 Å². The molecule has 1 N–H and O–H groups in total. The van der Waals surface area contributed by atoms with Gasteiger partial charge in [0, 0.05) is 6.42 Å². The maximum absolute atomic E-state index is 11.0. The molecule has 0 radical (unpaired) electrons. The molecule has 78 valence electrons. The molecule has 0 heterocycles. The Bertz CT molecular complexity index is 258. The van der Waals surface area contributed by atoms with Crippen LogP contribution in [0.5, 0.6) is 0 Å². The van der Waals surface area contributed by atoms with Crippen molar-refractivity contribution in [2.75, 3.05) is 6.61 Å². The van der Waals surface area contributed by atoms with Gasteiger partial charge < -0.3 is 0 Å². The Labute approximate surface area is 78.7 Å². The lowest BCUT2D eigenvalue weighted by atomic mass is 10.2. The summed E-state index contributed by atoms with van der Waals surface area (Å²) in [6.45, 7) is 5.27. The summed E-state index contributed by atoms with van der Waals surface area (Å²) in [7, 11) is -3.89. The molecule has 0 unspecified atom stereocenters. The zero-order valence-electron chi connectivity index (χ0n) is 8.03. The largest absolute Gasteiger partial charge is 0.362 e. The van der Waals surface area contributed by atoms with Gasteiger partial charge in [0.25, 0.3) is 0 Å². The maximum Gasteiger partial charge on any atom is 0.362 e. The third kappa shape index (κ3) is 6.53. The monoisotopic (exact) mass is 209 g/mol. The molecular formula is C7H15NO4S. The SMILES string of the molecule is CCC(=O)NS(=O)(=O)OCC(C)C. The van der Waals surface area contributed by atoms with Gasteiger partial charge in [0.2, 0.25) is 5.91 Å². The summed E-state index contributed by atoms with van der Waals surface area (Å²) in [6.07, 6.45) is 0.115. The van der Waals surface area contributed by atoms with E-state index in [4.69, 9.17) is 0 Å². The van der Waals surface area contributed by atoms with E-state index >= 15 is 0 Å². The summed E-state index contributed by atoms with van der Waals surface area (Å²) in [5.74, 6) is -0.461. The van der Waals surface area contributed by atoms with Crippen molar-refractivity contribution in [2.45, 2.75) is 27.2 Å². The molecule has 5 nitrogen and oxygen atoms in total. The van der Waals surface area contributed by atoms with Crippen molar-refractivity contribution in [3.8, 4) is 0 Å². The van der Waals surface area contributed by atoms with Crippen LogP contribution < -0.4 is 4.72 Å². The van der Waals surface area contributed by atoms with E-state index in [1.54, 1.807) is 11.6 Å². The van der Waals surface area contributed by atoms with Crippen LogP contribution in [0.2, 0.25) is 0 Å². The van der Waals surface area contributed by atoms with Crippen LogP contribution in [0.4, 0.5) is 0 Å². The second-order valence-electron chi connectivity index (χ2n) is 3.01. The van der Waals surface area contributed by atoms with Crippen LogP contribution in [-0.4, -0.2) is 20.9 Å². The molecule has 1 amide bonds. The minimum atomic E-state index is -3.89. The number of hydrogen-bond donors (Lipinski definition) is 1. The van der Waals surface area contributed by atoms with Gasteiger partial charge in [-0.1, -0.05) is 20.8 Å². The zero-order chi connectivity index (χ0) is 10.5. The third-order valence-electron chi connectivity index (χ3n) is 1.12. The molecule has 0 atom stereocenters. The van der Waals surface area contributed by atoms with E-state index in [1.807, 2.05) is 13.8 Å². The minimum Gasteiger partial charge on any atom is -0.274 e. The lowest BCUT2D eigenvalue weighted by Gasteiger charge is -2.07. The predicted molar refractivity (Wildman–Crippen MR) is 48.1 cm³/mol. The Morgan fingerprint density at radius 3 is 2.38 bits per heavy atom. The lowest BCUT2D eigenvalue weighted by Crippen LogP contribution is -2.32. The molecule has 0 aromatic rings. The standard InChI is InChI=1S/C7H15NO4S/c1-4-7(9)8-13(10,11)12-5-6(2)3/h6H,4-5H2,1-3H3,(H,8,9). The van der Waals surface area contributed by atoms with E-state index in [0.717, 1.165) is 0 Å². The highest BCUT2D eigenvalue weighted by Crippen LogP contribution is 1.97. The molecule has 0 saturated heterocycles. The molecule has 0 bridgehead atoms. The quantitative estimate of drug-likeness (QED) is 0.712. The van der Waals surface area contributed by atoms with E-state index in [-0.39, 0.29) is 18.9 Å². The van der Waals surface area contributed by atoms with E-state index in [2.05, 4.69) is 4.18 Å². The van der Waals surface area contributed by atoms with Gasteiger partial charge in [-0.25, -0.2) is 4.72 Å². The molecule has 13 heavy (non-hydrogen) atoms. The summed E-state index contributed by atoms with van der Waals surface area (Å²) in [5, 5.41) is 0. The maximum atomic E-state index is 11.0. The van der Waals surface area contributed by atoms with E-state index < -0.39 is 16.2 Å². The van der Waals surface area contributed by atoms with Crippen molar-refractivity contribution in [1.29, 1.82) is 0 Å². The van der Waals surface area contributed by atoms with E-state index in [1.165, 1.54) is 0 Å². The smallest absolute Gasteiger partial charge is 0.274 e. The van der Waals surface area contributed by atoms with Gasteiger partial charge in [-0.2, -0.15) is 8.42 Å². The Hall–Kier alpha value is -0.620. The molecule has 0 rings (SSSR count). The molecule has 0 spiro atoms. The van der Waals surface area contributed by atoms with Crippen LogP contribution in [0, 0.1) is 5.92 Å². The van der Waals surface area contributed by atoms with Crippen LogP contribution in [0.25, 0.3) is 0 Å². The molecule has 0 fully saturated rings. The van der Waals surface area contributed by atoms with Crippen molar-refractivity contribution < 1.29 is 17.4 Å². The third-order valence-corrected chi connectivity index (χ3v) is 2.04. The van der Waals surface area contributed by atoms with Gasteiger partial charge in [0.1, 0.15) is 0 Å². The molecule has 0 aliphatic rings. The fourth-order valence-corrected chi connectivity index (χ4v) is 1.40. The van der Waals surface area contributed by atoms with Crippen molar-refractivity contribution in [3.63, 3.8) is 0 Å². The number of carbonyl (C=O) groups excluding carboxylic acids is 1. The Balaban J connectivity index is 4.02.